The van der Waals surface area contributed by atoms with Gasteiger partial charge in [-0.1, -0.05) is 30.3 Å². The van der Waals surface area contributed by atoms with E-state index in [0.717, 1.165) is 13.1 Å². The first-order valence-corrected chi connectivity index (χ1v) is 6.10. The smallest absolute Gasteiger partial charge is 0.0550 e. The van der Waals surface area contributed by atoms with Crippen LogP contribution >= 0.6 is 0 Å². The molecule has 0 saturated carbocycles. The normalized spacial score (nSPS) is 12.6. The highest BCUT2D eigenvalue weighted by atomic mass is 15.3. The van der Waals surface area contributed by atoms with Crippen LogP contribution in [-0.4, -0.2) is 9.78 Å². The van der Waals surface area contributed by atoms with Crippen LogP contribution < -0.4 is 5.32 Å². The summed E-state index contributed by atoms with van der Waals surface area (Å²) in [5.74, 6) is 0. The second-order valence-corrected chi connectivity index (χ2v) is 4.16. The Morgan fingerprint density at radius 3 is 2.71 bits per heavy atom. The lowest BCUT2D eigenvalue weighted by Crippen LogP contribution is -2.21. The van der Waals surface area contributed by atoms with Crippen LogP contribution in [0.25, 0.3) is 0 Å². The molecule has 0 radical (unpaired) electrons. The molecule has 1 aromatic heterocycles. The molecule has 3 heteroatoms. The van der Waals surface area contributed by atoms with Gasteiger partial charge in [0.15, 0.2) is 0 Å². The molecule has 0 aliphatic heterocycles. The Balaban J connectivity index is 1.96. The van der Waals surface area contributed by atoms with Crippen molar-refractivity contribution in [2.24, 2.45) is 0 Å². The SMILES string of the molecule is CCn1nccc1C(C)NCc1ccccc1. The summed E-state index contributed by atoms with van der Waals surface area (Å²) in [4.78, 5) is 0. The third-order valence-electron chi connectivity index (χ3n) is 2.95. The number of aryl methyl sites for hydroxylation is 1. The quantitative estimate of drug-likeness (QED) is 0.854. The Kier molecular flexibility index (Phi) is 3.94. The maximum atomic E-state index is 4.29. The highest BCUT2D eigenvalue weighted by molar-refractivity contribution is 5.15. The van der Waals surface area contributed by atoms with Crippen molar-refractivity contribution < 1.29 is 0 Å². The van der Waals surface area contributed by atoms with Crippen LogP contribution in [0.2, 0.25) is 0 Å². The molecule has 1 heterocycles. The maximum absolute atomic E-state index is 4.29. The minimum atomic E-state index is 0.317. The van der Waals surface area contributed by atoms with Gasteiger partial charge in [-0.05, 0) is 25.5 Å². The van der Waals surface area contributed by atoms with Crippen LogP contribution in [0.3, 0.4) is 0 Å². The molecule has 0 aliphatic carbocycles. The van der Waals surface area contributed by atoms with Crippen LogP contribution in [0.5, 0.6) is 0 Å². The lowest BCUT2D eigenvalue weighted by atomic mass is 10.2. The molecule has 2 rings (SSSR count). The number of hydrogen-bond donors (Lipinski definition) is 1. The van der Waals surface area contributed by atoms with Crippen LogP contribution in [0, 0.1) is 0 Å². The second kappa shape index (κ2) is 5.64. The number of rotatable bonds is 5. The first-order chi connectivity index (χ1) is 8.31. The number of nitrogens with zero attached hydrogens (tertiary/aromatic N) is 2. The van der Waals surface area contributed by atoms with E-state index in [4.69, 9.17) is 0 Å². The van der Waals surface area contributed by atoms with E-state index in [2.05, 4.69) is 54.6 Å². The summed E-state index contributed by atoms with van der Waals surface area (Å²) in [6.45, 7) is 6.09. The number of benzene rings is 1. The van der Waals surface area contributed by atoms with Gasteiger partial charge in [0, 0.05) is 25.3 Å². The van der Waals surface area contributed by atoms with Crippen molar-refractivity contribution in [1.82, 2.24) is 15.1 Å². The van der Waals surface area contributed by atoms with Crippen molar-refractivity contribution in [2.75, 3.05) is 0 Å². The maximum Gasteiger partial charge on any atom is 0.0550 e. The molecular formula is C14H19N3. The largest absolute Gasteiger partial charge is 0.305 e. The van der Waals surface area contributed by atoms with Gasteiger partial charge in [0.1, 0.15) is 0 Å². The predicted octanol–water partition coefficient (Wildman–Crippen LogP) is 2.75. The molecule has 17 heavy (non-hydrogen) atoms. The van der Waals surface area contributed by atoms with Crippen LogP contribution in [0.4, 0.5) is 0 Å². The van der Waals surface area contributed by atoms with Gasteiger partial charge < -0.3 is 5.32 Å². The summed E-state index contributed by atoms with van der Waals surface area (Å²) in [5, 5.41) is 7.80. The predicted molar refractivity (Wildman–Crippen MR) is 69.6 cm³/mol. The van der Waals surface area contributed by atoms with Gasteiger partial charge >= 0.3 is 0 Å². The summed E-state index contributed by atoms with van der Waals surface area (Å²) < 4.78 is 2.03. The molecule has 1 unspecified atom stereocenters. The average molecular weight is 229 g/mol. The lowest BCUT2D eigenvalue weighted by molar-refractivity contribution is 0.509. The van der Waals surface area contributed by atoms with Gasteiger partial charge in [0.2, 0.25) is 0 Å². The van der Waals surface area contributed by atoms with E-state index in [9.17, 15) is 0 Å². The van der Waals surface area contributed by atoms with Gasteiger partial charge in [-0.2, -0.15) is 5.10 Å². The molecule has 2 aromatic rings. The standard InChI is InChI=1S/C14H19N3/c1-3-17-14(9-10-16-17)12(2)15-11-13-7-5-4-6-8-13/h4-10,12,15H,3,11H2,1-2H3. The first kappa shape index (κ1) is 11.9. The zero-order chi connectivity index (χ0) is 12.1. The monoisotopic (exact) mass is 229 g/mol. The molecule has 0 saturated heterocycles. The molecule has 1 atom stereocenters. The molecule has 3 nitrogen and oxygen atoms in total. The van der Waals surface area contributed by atoms with E-state index < -0.39 is 0 Å². The molecule has 0 bridgehead atoms. The third-order valence-corrected chi connectivity index (χ3v) is 2.95. The zero-order valence-corrected chi connectivity index (χ0v) is 10.4. The fourth-order valence-electron chi connectivity index (χ4n) is 1.95. The van der Waals surface area contributed by atoms with Crippen molar-refractivity contribution >= 4 is 0 Å². The third kappa shape index (κ3) is 2.94. The van der Waals surface area contributed by atoms with Crippen LogP contribution in [0.15, 0.2) is 42.6 Å². The average Bonchev–Trinajstić information content (AvgIpc) is 2.85. The highest BCUT2D eigenvalue weighted by Gasteiger charge is 2.09. The van der Waals surface area contributed by atoms with Crippen molar-refractivity contribution in [2.45, 2.75) is 33.0 Å². The molecule has 0 spiro atoms. The summed E-state index contributed by atoms with van der Waals surface area (Å²) >= 11 is 0. The highest BCUT2D eigenvalue weighted by Crippen LogP contribution is 2.12. The van der Waals surface area contributed by atoms with E-state index in [1.807, 2.05) is 16.9 Å². The fraction of sp³-hybridized carbons (Fsp3) is 0.357. The molecule has 90 valence electrons. The summed E-state index contributed by atoms with van der Waals surface area (Å²) in [7, 11) is 0. The first-order valence-electron chi connectivity index (χ1n) is 6.10. The van der Waals surface area contributed by atoms with Crippen molar-refractivity contribution in [3.8, 4) is 0 Å². The Morgan fingerprint density at radius 2 is 2.00 bits per heavy atom. The lowest BCUT2D eigenvalue weighted by Gasteiger charge is -2.15. The minimum absolute atomic E-state index is 0.317. The van der Waals surface area contributed by atoms with Crippen molar-refractivity contribution in [3.05, 3.63) is 53.9 Å². The van der Waals surface area contributed by atoms with Crippen molar-refractivity contribution in [1.29, 1.82) is 0 Å². The zero-order valence-electron chi connectivity index (χ0n) is 10.4. The van der Waals surface area contributed by atoms with Gasteiger partial charge in [-0.15, -0.1) is 0 Å². The molecular weight excluding hydrogens is 210 g/mol. The molecule has 1 aromatic carbocycles. The minimum Gasteiger partial charge on any atom is -0.305 e. The molecule has 0 aliphatic rings. The Labute approximate surface area is 102 Å². The number of nitrogens with one attached hydrogen (secondary N) is 1. The summed E-state index contributed by atoms with van der Waals surface area (Å²) in [6, 6.07) is 12.8. The van der Waals surface area contributed by atoms with Crippen LogP contribution in [0.1, 0.15) is 31.1 Å². The van der Waals surface area contributed by atoms with Gasteiger partial charge in [0.05, 0.1) is 5.69 Å². The van der Waals surface area contributed by atoms with E-state index in [1.54, 1.807) is 0 Å². The molecule has 0 fully saturated rings. The molecule has 0 amide bonds. The van der Waals surface area contributed by atoms with E-state index >= 15 is 0 Å². The summed E-state index contributed by atoms with van der Waals surface area (Å²) in [6.07, 6.45) is 1.86. The Morgan fingerprint density at radius 1 is 1.24 bits per heavy atom. The van der Waals surface area contributed by atoms with E-state index in [-0.39, 0.29) is 0 Å². The van der Waals surface area contributed by atoms with Gasteiger partial charge in [0.25, 0.3) is 0 Å². The topological polar surface area (TPSA) is 29.9 Å². The van der Waals surface area contributed by atoms with Gasteiger partial charge in [-0.25, -0.2) is 0 Å². The fourth-order valence-corrected chi connectivity index (χ4v) is 1.95. The Hall–Kier alpha value is -1.61. The second-order valence-electron chi connectivity index (χ2n) is 4.16. The number of aromatic nitrogens is 2. The molecule has 1 N–H and O–H groups in total. The van der Waals surface area contributed by atoms with Gasteiger partial charge in [-0.3, -0.25) is 4.68 Å². The number of hydrogen-bond acceptors (Lipinski definition) is 2. The Bertz CT molecular complexity index is 448. The van der Waals surface area contributed by atoms with Crippen LogP contribution in [-0.2, 0) is 13.1 Å². The summed E-state index contributed by atoms with van der Waals surface area (Å²) in [5.41, 5.74) is 2.55. The van der Waals surface area contributed by atoms with Crippen molar-refractivity contribution in [3.63, 3.8) is 0 Å². The van der Waals surface area contributed by atoms with E-state index in [0.29, 0.717) is 6.04 Å². The van der Waals surface area contributed by atoms with E-state index in [1.165, 1.54) is 11.3 Å².